The molecule has 124 valence electrons. The standard InChI is InChI=1S/C15H27F3N2O/c1-4-20(10-14(2,3)9-19)13(21)11-7-5-6-8-12(11)15(16,17)18/h11-12H,4-10,19H2,1-3H3. The van der Waals surface area contributed by atoms with Crippen LogP contribution in [-0.2, 0) is 4.79 Å². The first-order valence-corrected chi connectivity index (χ1v) is 7.68. The molecule has 0 heterocycles. The molecule has 1 rings (SSSR count). The van der Waals surface area contributed by atoms with Crippen LogP contribution >= 0.6 is 0 Å². The van der Waals surface area contributed by atoms with Crippen LogP contribution in [0.25, 0.3) is 0 Å². The third-order valence-corrected chi connectivity index (χ3v) is 4.37. The molecule has 0 spiro atoms. The van der Waals surface area contributed by atoms with E-state index in [4.69, 9.17) is 5.73 Å². The molecule has 0 radical (unpaired) electrons. The summed E-state index contributed by atoms with van der Waals surface area (Å²) in [7, 11) is 0. The van der Waals surface area contributed by atoms with Gasteiger partial charge in [-0.1, -0.05) is 26.7 Å². The van der Waals surface area contributed by atoms with E-state index < -0.39 is 18.0 Å². The second kappa shape index (κ2) is 6.99. The van der Waals surface area contributed by atoms with Gasteiger partial charge in [0.25, 0.3) is 0 Å². The van der Waals surface area contributed by atoms with Crippen molar-refractivity contribution in [2.45, 2.75) is 52.6 Å². The molecule has 3 nitrogen and oxygen atoms in total. The fourth-order valence-electron chi connectivity index (χ4n) is 2.98. The van der Waals surface area contributed by atoms with Crippen LogP contribution in [0.3, 0.4) is 0 Å². The lowest BCUT2D eigenvalue weighted by Crippen LogP contribution is -2.48. The van der Waals surface area contributed by atoms with Gasteiger partial charge in [-0.2, -0.15) is 13.2 Å². The molecule has 1 saturated carbocycles. The Labute approximate surface area is 125 Å². The fourth-order valence-corrected chi connectivity index (χ4v) is 2.98. The highest BCUT2D eigenvalue weighted by Gasteiger charge is 2.49. The monoisotopic (exact) mass is 308 g/mol. The summed E-state index contributed by atoms with van der Waals surface area (Å²) in [5.41, 5.74) is 5.38. The van der Waals surface area contributed by atoms with E-state index in [-0.39, 0.29) is 17.7 Å². The molecular weight excluding hydrogens is 281 g/mol. The summed E-state index contributed by atoms with van der Waals surface area (Å²) in [6.07, 6.45) is -2.64. The van der Waals surface area contributed by atoms with Crippen LogP contribution in [0, 0.1) is 17.3 Å². The number of amides is 1. The van der Waals surface area contributed by atoms with E-state index in [0.29, 0.717) is 38.9 Å². The van der Waals surface area contributed by atoms with Gasteiger partial charge in [0.15, 0.2) is 0 Å². The number of hydrogen-bond acceptors (Lipinski definition) is 2. The summed E-state index contributed by atoms with van der Waals surface area (Å²) in [6.45, 7) is 6.86. The number of hydrogen-bond donors (Lipinski definition) is 1. The summed E-state index contributed by atoms with van der Waals surface area (Å²) in [6, 6.07) is 0. The van der Waals surface area contributed by atoms with Gasteiger partial charge >= 0.3 is 6.18 Å². The van der Waals surface area contributed by atoms with Gasteiger partial charge in [-0.05, 0) is 31.7 Å². The molecule has 2 unspecified atom stereocenters. The van der Waals surface area contributed by atoms with Gasteiger partial charge in [0, 0.05) is 19.0 Å². The zero-order chi connectivity index (χ0) is 16.3. The highest BCUT2D eigenvalue weighted by Crippen LogP contribution is 2.42. The van der Waals surface area contributed by atoms with Gasteiger partial charge in [0.2, 0.25) is 5.91 Å². The highest BCUT2D eigenvalue weighted by molar-refractivity contribution is 5.79. The Morgan fingerprint density at radius 2 is 1.81 bits per heavy atom. The van der Waals surface area contributed by atoms with Crippen LogP contribution in [0.4, 0.5) is 13.2 Å². The first-order chi connectivity index (χ1) is 9.62. The fraction of sp³-hybridized carbons (Fsp3) is 0.933. The topological polar surface area (TPSA) is 46.3 Å². The van der Waals surface area contributed by atoms with E-state index in [1.165, 1.54) is 0 Å². The molecule has 1 fully saturated rings. The van der Waals surface area contributed by atoms with Crippen molar-refractivity contribution in [3.05, 3.63) is 0 Å². The van der Waals surface area contributed by atoms with E-state index >= 15 is 0 Å². The molecule has 0 aromatic rings. The van der Waals surface area contributed by atoms with Crippen LogP contribution < -0.4 is 5.73 Å². The Kier molecular flexibility index (Phi) is 6.08. The van der Waals surface area contributed by atoms with Gasteiger partial charge in [-0.25, -0.2) is 0 Å². The third kappa shape index (κ3) is 4.87. The Bertz CT molecular complexity index is 355. The molecule has 1 aliphatic carbocycles. The van der Waals surface area contributed by atoms with Gasteiger partial charge in [0.1, 0.15) is 0 Å². The summed E-state index contributed by atoms with van der Waals surface area (Å²) >= 11 is 0. The zero-order valence-electron chi connectivity index (χ0n) is 13.2. The first kappa shape index (κ1) is 18.3. The number of halogens is 3. The molecule has 1 amide bonds. The lowest BCUT2D eigenvalue weighted by molar-refractivity contribution is -0.201. The van der Waals surface area contributed by atoms with E-state index in [1.54, 1.807) is 11.8 Å². The van der Waals surface area contributed by atoms with E-state index in [1.807, 2.05) is 13.8 Å². The van der Waals surface area contributed by atoms with Crippen molar-refractivity contribution in [1.82, 2.24) is 4.90 Å². The predicted octanol–water partition coefficient (Wildman–Crippen LogP) is 3.19. The van der Waals surface area contributed by atoms with Gasteiger partial charge in [-0.3, -0.25) is 4.79 Å². The second-order valence-corrected chi connectivity index (χ2v) is 6.76. The van der Waals surface area contributed by atoms with Gasteiger partial charge in [-0.15, -0.1) is 0 Å². The van der Waals surface area contributed by atoms with Crippen molar-refractivity contribution in [3.8, 4) is 0 Å². The minimum atomic E-state index is -4.29. The average Bonchev–Trinajstić information content (AvgIpc) is 2.43. The number of nitrogens with zero attached hydrogens (tertiary/aromatic N) is 1. The van der Waals surface area contributed by atoms with E-state index in [9.17, 15) is 18.0 Å². The number of nitrogens with two attached hydrogens (primary N) is 1. The van der Waals surface area contributed by atoms with E-state index in [0.717, 1.165) is 0 Å². The molecule has 0 aromatic carbocycles. The smallest absolute Gasteiger partial charge is 0.342 e. The van der Waals surface area contributed by atoms with Crippen molar-refractivity contribution in [2.24, 2.45) is 23.0 Å². The molecule has 0 saturated heterocycles. The Hall–Kier alpha value is -0.780. The minimum Gasteiger partial charge on any atom is -0.342 e. The predicted molar refractivity (Wildman–Crippen MR) is 76.6 cm³/mol. The van der Waals surface area contributed by atoms with Crippen LogP contribution in [-0.4, -0.2) is 36.6 Å². The summed E-state index contributed by atoms with van der Waals surface area (Å²) in [5.74, 6) is -2.78. The molecule has 0 bridgehead atoms. The van der Waals surface area contributed by atoms with Crippen molar-refractivity contribution in [1.29, 1.82) is 0 Å². The minimum absolute atomic E-state index is 0.0672. The number of alkyl halides is 3. The summed E-state index contributed by atoms with van der Waals surface area (Å²) in [4.78, 5) is 14.1. The number of carbonyl (C=O) groups excluding carboxylic acids is 1. The van der Waals surface area contributed by atoms with E-state index in [2.05, 4.69) is 0 Å². The third-order valence-electron chi connectivity index (χ3n) is 4.37. The lowest BCUT2D eigenvalue weighted by atomic mass is 9.77. The summed E-state index contributed by atoms with van der Waals surface area (Å²) < 4.78 is 39.4. The largest absolute Gasteiger partial charge is 0.392 e. The lowest BCUT2D eigenvalue weighted by Gasteiger charge is -2.38. The molecule has 1 aliphatic rings. The highest BCUT2D eigenvalue weighted by atomic mass is 19.4. The molecule has 0 aromatic heterocycles. The van der Waals surface area contributed by atoms with Crippen molar-refractivity contribution >= 4 is 5.91 Å². The molecule has 6 heteroatoms. The molecule has 0 aliphatic heterocycles. The normalized spacial score (nSPS) is 24.0. The number of rotatable bonds is 5. The van der Waals surface area contributed by atoms with Crippen LogP contribution in [0.5, 0.6) is 0 Å². The Balaban J connectivity index is 2.86. The Morgan fingerprint density at radius 3 is 2.29 bits per heavy atom. The maximum absolute atomic E-state index is 13.1. The first-order valence-electron chi connectivity index (χ1n) is 7.68. The van der Waals surface area contributed by atoms with Gasteiger partial charge < -0.3 is 10.6 Å². The zero-order valence-corrected chi connectivity index (χ0v) is 13.2. The van der Waals surface area contributed by atoms with Crippen LogP contribution in [0.1, 0.15) is 46.5 Å². The number of carbonyl (C=O) groups is 1. The molecule has 2 N–H and O–H groups in total. The second-order valence-electron chi connectivity index (χ2n) is 6.76. The average molecular weight is 308 g/mol. The maximum Gasteiger partial charge on any atom is 0.392 e. The molecule has 21 heavy (non-hydrogen) atoms. The quantitative estimate of drug-likeness (QED) is 0.848. The van der Waals surface area contributed by atoms with Crippen LogP contribution in [0.2, 0.25) is 0 Å². The summed E-state index contributed by atoms with van der Waals surface area (Å²) in [5, 5.41) is 0. The van der Waals surface area contributed by atoms with Gasteiger partial charge in [0.05, 0.1) is 5.92 Å². The SMILES string of the molecule is CCN(CC(C)(C)CN)C(=O)C1CCCCC1C(F)(F)F. The molecule has 2 atom stereocenters. The van der Waals surface area contributed by atoms with Crippen molar-refractivity contribution in [2.75, 3.05) is 19.6 Å². The Morgan fingerprint density at radius 1 is 1.24 bits per heavy atom. The maximum atomic E-state index is 13.1. The van der Waals surface area contributed by atoms with Crippen LogP contribution in [0.15, 0.2) is 0 Å². The van der Waals surface area contributed by atoms with Crippen molar-refractivity contribution in [3.63, 3.8) is 0 Å². The van der Waals surface area contributed by atoms with Crippen molar-refractivity contribution < 1.29 is 18.0 Å². The molecular formula is C15H27F3N2O.